The first-order valence-corrected chi connectivity index (χ1v) is 10.1. The molecule has 0 aliphatic carbocycles. The minimum Gasteiger partial charge on any atom is -0.373 e. The summed E-state index contributed by atoms with van der Waals surface area (Å²) >= 11 is 6.49. The van der Waals surface area contributed by atoms with Crippen molar-refractivity contribution in [3.8, 4) is 0 Å². The first-order valence-electron chi connectivity index (χ1n) is 9.77. The van der Waals surface area contributed by atoms with Crippen molar-refractivity contribution in [2.24, 2.45) is 4.99 Å². The smallest absolute Gasteiger partial charge is 0.191 e. The lowest BCUT2D eigenvalue weighted by atomic mass is 9.96. The second-order valence-electron chi connectivity index (χ2n) is 7.07. The minimum absolute atomic E-state index is 0.202. The van der Waals surface area contributed by atoms with Crippen molar-refractivity contribution >= 4 is 17.6 Å². The van der Waals surface area contributed by atoms with Gasteiger partial charge in [-0.2, -0.15) is 0 Å². The molecule has 4 unspecified atom stereocenters. The molecule has 6 heteroatoms. The molecular formula is C20H31ClN4O. The Balaban J connectivity index is 1.65. The normalized spacial score (nSPS) is 26.3. The van der Waals surface area contributed by atoms with E-state index in [4.69, 9.17) is 16.3 Å². The summed E-state index contributed by atoms with van der Waals surface area (Å²) in [6.07, 6.45) is 4.20. The number of guanidine groups is 1. The van der Waals surface area contributed by atoms with Crippen LogP contribution in [-0.4, -0.2) is 55.8 Å². The Morgan fingerprint density at radius 2 is 2.08 bits per heavy atom. The molecule has 1 aromatic carbocycles. The number of fused-ring (bicyclic) bond motifs is 2. The van der Waals surface area contributed by atoms with Gasteiger partial charge in [-0.05, 0) is 44.0 Å². The number of nitrogens with one attached hydrogen (secondary N) is 2. The molecule has 3 rings (SSSR count). The average molecular weight is 379 g/mol. The van der Waals surface area contributed by atoms with Crippen LogP contribution in [0.15, 0.2) is 29.3 Å². The quantitative estimate of drug-likeness (QED) is 0.565. The van der Waals surface area contributed by atoms with Crippen LogP contribution in [0, 0.1) is 0 Å². The number of ether oxygens (including phenoxy) is 1. The van der Waals surface area contributed by atoms with Gasteiger partial charge in [-0.1, -0.05) is 43.6 Å². The molecule has 2 aliphatic rings. The first kappa shape index (κ1) is 19.5. The zero-order valence-corrected chi connectivity index (χ0v) is 16.8. The van der Waals surface area contributed by atoms with E-state index in [9.17, 15) is 0 Å². The number of hydrogen-bond donors (Lipinski definition) is 2. The zero-order chi connectivity index (χ0) is 18.5. The van der Waals surface area contributed by atoms with E-state index in [-0.39, 0.29) is 6.04 Å². The molecule has 0 spiro atoms. The summed E-state index contributed by atoms with van der Waals surface area (Å²) in [5.41, 5.74) is 1.16. The van der Waals surface area contributed by atoms with Crippen LogP contribution in [-0.2, 0) is 4.74 Å². The highest BCUT2D eigenvalue weighted by atomic mass is 35.5. The fourth-order valence-corrected chi connectivity index (χ4v) is 4.46. The molecule has 0 saturated carbocycles. The van der Waals surface area contributed by atoms with Gasteiger partial charge in [-0.25, -0.2) is 0 Å². The number of benzene rings is 1. The largest absolute Gasteiger partial charge is 0.373 e. The second-order valence-corrected chi connectivity index (χ2v) is 7.48. The van der Waals surface area contributed by atoms with Crippen molar-refractivity contribution in [3.63, 3.8) is 0 Å². The van der Waals surface area contributed by atoms with Crippen LogP contribution in [0.4, 0.5) is 0 Å². The number of aliphatic imine (C=N–C) groups is 1. The van der Waals surface area contributed by atoms with Gasteiger partial charge in [0.15, 0.2) is 5.96 Å². The third-order valence-corrected chi connectivity index (χ3v) is 5.98. The Hall–Kier alpha value is -1.30. The molecule has 26 heavy (non-hydrogen) atoms. The Labute approximate surface area is 162 Å². The van der Waals surface area contributed by atoms with E-state index in [1.54, 1.807) is 0 Å². The van der Waals surface area contributed by atoms with E-state index >= 15 is 0 Å². The molecule has 4 atom stereocenters. The molecule has 0 aromatic heterocycles. The van der Waals surface area contributed by atoms with Crippen molar-refractivity contribution in [2.75, 3.05) is 26.7 Å². The van der Waals surface area contributed by atoms with E-state index < -0.39 is 0 Å². The summed E-state index contributed by atoms with van der Waals surface area (Å²) < 4.78 is 5.94. The minimum atomic E-state index is 0.202. The third kappa shape index (κ3) is 4.33. The second kappa shape index (κ2) is 9.07. The van der Waals surface area contributed by atoms with Crippen molar-refractivity contribution in [1.29, 1.82) is 0 Å². The monoisotopic (exact) mass is 378 g/mol. The maximum atomic E-state index is 6.49. The van der Waals surface area contributed by atoms with Crippen LogP contribution in [0.25, 0.3) is 0 Å². The topological polar surface area (TPSA) is 48.9 Å². The number of likely N-dealkylation sites (N-methyl/N-ethyl adjacent to an activating group) is 1. The van der Waals surface area contributed by atoms with Gasteiger partial charge in [0.1, 0.15) is 0 Å². The van der Waals surface area contributed by atoms with Crippen LogP contribution < -0.4 is 10.6 Å². The summed E-state index contributed by atoms with van der Waals surface area (Å²) in [5, 5.41) is 7.88. The summed E-state index contributed by atoms with van der Waals surface area (Å²) in [4.78, 5) is 6.84. The fourth-order valence-electron chi connectivity index (χ4n) is 4.20. The lowest BCUT2D eigenvalue weighted by Crippen LogP contribution is -2.49. The molecule has 2 heterocycles. The van der Waals surface area contributed by atoms with Crippen molar-refractivity contribution in [3.05, 3.63) is 34.9 Å². The molecule has 1 aromatic rings. The van der Waals surface area contributed by atoms with Crippen LogP contribution >= 0.6 is 11.6 Å². The van der Waals surface area contributed by atoms with Crippen LogP contribution in [0.3, 0.4) is 0 Å². The molecule has 5 nitrogen and oxygen atoms in total. The highest BCUT2D eigenvalue weighted by Gasteiger charge is 2.41. The number of halogens is 1. The van der Waals surface area contributed by atoms with E-state index in [0.717, 1.165) is 49.0 Å². The molecule has 144 valence electrons. The number of hydrogen-bond acceptors (Lipinski definition) is 3. The van der Waals surface area contributed by atoms with E-state index in [1.807, 2.05) is 19.2 Å². The molecule has 0 amide bonds. The van der Waals surface area contributed by atoms with Gasteiger partial charge >= 0.3 is 0 Å². The number of nitrogens with zero attached hydrogens (tertiary/aromatic N) is 2. The molecule has 2 bridgehead atoms. The molecule has 0 radical (unpaired) electrons. The van der Waals surface area contributed by atoms with Crippen molar-refractivity contribution < 1.29 is 4.74 Å². The predicted molar refractivity (Wildman–Crippen MR) is 108 cm³/mol. The van der Waals surface area contributed by atoms with Crippen molar-refractivity contribution in [2.45, 2.75) is 57.4 Å². The van der Waals surface area contributed by atoms with Gasteiger partial charge in [-0.15, -0.1) is 0 Å². The van der Waals surface area contributed by atoms with Crippen LogP contribution in [0.1, 0.15) is 44.7 Å². The van der Waals surface area contributed by atoms with E-state index in [0.29, 0.717) is 18.2 Å². The van der Waals surface area contributed by atoms with Gasteiger partial charge < -0.3 is 15.4 Å². The van der Waals surface area contributed by atoms with E-state index in [1.165, 1.54) is 6.42 Å². The van der Waals surface area contributed by atoms with Crippen molar-refractivity contribution in [1.82, 2.24) is 15.5 Å². The molecule has 2 aliphatic heterocycles. The summed E-state index contributed by atoms with van der Waals surface area (Å²) in [7, 11) is 1.82. The zero-order valence-electron chi connectivity index (χ0n) is 16.0. The summed E-state index contributed by atoms with van der Waals surface area (Å²) in [5.74, 6) is 0.843. The standard InChI is InChI=1S/C20H31ClN4O/c1-4-25(5-2)18(15-8-6-7-9-16(15)21)13-23-20(22-3)24-17-12-14-10-11-19(17)26-14/h6-9,14,17-19H,4-5,10-13H2,1-3H3,(H2,22,23,24). The Morgan fingerprint density at radius 1 is 1.31 bits per heavy atom. The molecule has 2 fully saturated rings. The average Bonchev–Trinajstić information content (AvgIpc) is 3.28. The SMILES string of the molecule is CCN(CC)C(CNC(=NC)NC1CC2CCC1O2)c1ccccc1Cl. The third-order valence-electron chi connectivity index (χ3n) is 5.63. The van der Waals surface area contributed by atoms with Gasteiger partial charge in [0.25, 0.3) is 0 Å². The summed E-state index contributed by atoms with van der Waals surface area (Å²) in [6.45, 7) is 7.08. The maximum Gasteiger partial charge on any atom is 0.191 e. The van der Waals surface area contributed by atoms with Gasteiger partial charge in [-0.3, -0.25) is 9.89 Å². The Bertz CT molecular complexity index is 620. The van der Waals surface area contributed by atoms with Crippen LogP contribution in [0.2, 0.25) is 5.02 Å². The van der Waals surface area contributed by atoms with Crippen LogP contribution in [0.5, 0.6) is 0 Å². The molecular weight excluding hydrogens is 348 g/mol. The van der Waals surface area contributed by atoms with Gasteiger partial charge in [0, 0.05) is 18.6 Å². The highest BCUT2D eigenvalue weighted by molar-refractivity contribution is 6.31. The maximum absolute atomic E-state index is 6.49. The lowest BCUT2D eigenvalue weighted by Gasteiger charge is -2.32. The lowest BCUT2D eigenvalue weighted by molar-refractivity contribution is 0.0992. The fraction of sp³-hybridized carbons (Fsp3) is 0.650. The van der Waals surface area contributed by atoms with Gasteiger partial charge in [0.05, 0.1) is 24.3 Å². The molecule has 2 saturated heterocycles. The Kier molecular flexibility index (Phi) is 6.79. The number of rotatable bonds is 7. The highest BCUT2D eigenvalue weighted by Crippen LogP contribution is 2.34. The summed E-state index contributed by atoms with van der Waals surface area (Å²) in [6, 6.07) is 8.69. The Morgan fingerprint density at radius 3 is 2.65 bits per heavy atom. The first-order chi connectivity index (χ1) is 12.7. The molecule has 2 N–H and O–H groups in total. The van der Waals surface area contributed by atoms with E-state index in [2.05, 4.69) is 46.5 Å². The van der Waals surface area contributed by atoms with Gasteiger partial charge in [0.2, 0.25) is 0 Å². The predicted octanol–water partition coefficient (Wildman–Crippen LogP) is 3.21.